The second-order valence-corrected chi connectivity index (χ2v) is 9.28. The zero-order valence-electron chi connectivity index (χ0n) is 17.8. The van der Waals surface area contributed by atoms with Gasteiger partial charge in [0.2, 0.25) is 10.0 Å². The Morgan fingerprint density at radius 1 is 1.28 bits per heavy atom. The molecule has 3 aromatic rings. The normalized spacial score (nSPS) is 12.3. The highest BCUT2D eigenvalue weighted by molar-refractivity contribution is 7.92. The van der Waals surface area contributed by atoms with Gasteiger partial charge in [0.25, 0.3) is 0 Å². The molecule has 1 amide bonds. The minimum Gasteiger partial charge on any atom is -0.441 e. The van der Waals surface area contributed by atoms with Gasteiger partial charge < -0.3 is 4.74 Å². The fraction of sp³-hybridized carbons (Fsp3) is 0.316. The first-order chi connectivity index (χ1) is 15.1. The van der Waals surface area contributed by atoms with Gasteiger partial charge in [-0.25, -0.2) is 22.9 Å². The van der Waals surface area contributed by atoms with Crippen LogP contribution in [0.15, 0.2) is 30.6 Å². The number of sulfonamides is 1. The first-order valence-electron chi connectivity index (χ1n) is 9.56. The Labute approximate surface area is 190 Å². The summed E-state index contributed by atoms with van der Waals surface area (Å²) in [7, 11) is -1.82. The number of aryl methyl sites for hydroxylation is 2. The van der Waals surface area contributed by atoms with E-state index in [0.29, 0.717) is 16.9 Å². The lowest BCUT2D eigenvalue weighted by molar-refractivity contribution is 0.121. The van der Waals surface area contributed by atoms with Crippen LogP contribution >= 0.6 is 11.6 Å². The molecule has 0 saturated carbocycles. The highest BCUT2D eigenvalue weighted by Crippen LogP contribution is 2.27. The van der Waals surface area contributed by atoms with Crippen LogP contribution in [0, 0.1) is 6.92 Å². The Morgan fingerprint density at radius 2 is 2.03 bits per heavy atom. The van der Waals surface area contributed by atoms with Crippen molar-refractivity contribution in [3.63, 3.8) is 0 Å². The monoisotopic (exact) mass is 479 g/mol. The molecular weight excluding hydrogens is 458 g/mol. The van der Waals surface area contributed by atoms with Gasteiger partial charge in [-0.2, -0.15) is 0 Å². The maximum atomic E-state index is 12.5. The maximum Gasteiger partial charge on any atom is 0.413 e. The van der Waals surface area contributed by atoms with Crippen molar-refractivity contribution in [1.82, 2.24) is 25.0 Å². The van der Waals surface area contributed by atoms with Crippen LogP contribution in [-0.2, 0) is 21.8 Å². The number of carbonyl (C=O) groups is 1. The van der Waals surface area contributed by atoms with E-state index in [2.05, 4.69) is 30.3 Å². The molecule has 0 radical (unpaired) electrons. The van der Waals surface area contributed by atoms with Gasteiger partial charge >= 0.3 is 6.09 Å². The van der Waals surface area contributed by atoms with Crippen LogP contribution in [0.3, 0.4) is 0 Å². The number of nitrogens with one attached hydrogen (secondary N) is 2. The van der Waals surface area contributed by atoms with Crippen molar-refractivity contribution in [3.8, 4) is 11.4 Å². The first-order valence-corrected chi connectivity index (χ1v) is 11.6. The van der Waals surface area contributed by atoms with Crippen molar-refractivity contribution in [2.45, 2.75) is 26.9 Å². The van der Waals surface area contributed by atoms with Crippen LogP contribution in [-0.4, -0.2) is 45.2 Å². The van der Waals surface area contributed by atoms with E-state index < -0.39 is 22.2 Å². The van der Waals surface area contributed by atoms with Gasteiger partial charge in [0.15, 0.2) is 11.5 Å². The van der Waals surface area contributed by atoms with E-state index in [0.717, 1.165) is 5.56 Å². The molecule has 0 aliphatic heterocycles. The van der Waals surface area contributed by atoms with Crippen LogP contribution in [0.25, 0.3) is 11.4 Å². The molecule has 0 spiro atoms. The molecule has 13 heteroatoms. The Kier molecular flexibility index (Phi) is 6.94. The molecule has 0 saturated heterocycles. The minimum absolute atomic E-state index is 0.0582. The van der Waals surface area contributed by atoms with Crippen LogP contribution < -0.4 is 10.0 Å². The quantitative estimate of drug-likeness (QED) is 0.491. The predicted octanol–water partition coefficient (Wildman–Crippen LogP) is 3.31. The number of anilines is 2. The van der Waals surface area contributed by atoms with Gasteiger partial charge in [-0.1, -0.05) is 16.8 Å². The summed E-state index contributed by atoms with van der Waals surface area (Å²) in [6.45, 7) is 5.08. The highest BCUT2D eigenvalue weighted by atomic mass is 35.5. The molecule has 0 fully saturated rings. The van der Waals surface area contributed by atoms with Crippen molar-refractivity contribution < 1.29 is 17.9 Å². The second kappa shape index (κ2) is 9.49. The molecule has 1 atom stereocenters. The van der Waals surface area contributed by atoms with Crippen LogP contribution in [0.1, 0.15) is 31.1 Å². The molecular formula is C19H22ClN7O4S. The summed E-state index contributed by atoms with van der Waals surface area (Å²) in [5, 5.41) is 10.8. The summed E-state index contributed by atoms with van der Waals surface area (Å²) in [6.07, 6.45) is 1.59. The maximum absolute atomic E-state index is 12.5. The zero-order chi connectivity index (χ0) is 23.5. The molecule has 3 aromatic heterocycles. The summed E-state index contributed by atoms with van der Waals surface area (Å²) in [4.78, 5) is 20.8. The fourth-order valence-electron chi connectivity index (χ4n) is 2.73. The average molecular weight is 480 g/mol. The van der Waals surface area contributed by atoms with E-state index in [1.807, 2.05) is 6.92 Å². The van der Waals surface area contributed by atoms with E-state index in [1.165, 1.54) is 17.8 Å². The first kappa shape index (κ1) is 23.4. The number of pyridine rings is 2. The van der Waals surface area contributed by atoms with Gasteiger partial charge in [-0.3, -0.25) is 15.0 Å². The Balaban J connectivity index is 1.76. The Morgan fingerprint density at radius 3 is 2.69 bits per heavy atom. The van der Waals surface area contributed by atoms with Crippen molar-refractivity contribution in [3.05, 3.63) is 46.9 Å². The molecule has 32 heavy (non-hydrogen) atoms. The second-order valence-electron chi connectivity index (χ2n) is 6.91. The molecule has 0 bridgehead atoms. The summed E-state index contributed by atoms with van der Waals surface area (Å²) >= 11 is 6.11. The van der Waals surface area contributed by atoms with Crippen molar-refractivity contribution in [1.29, 1.82) is 0 Å². The largest absolute Gasteiger partial charge is 0.441 e. The minimum atomic E-state index is -3.42. The van der Waals surface area contributed by atoms with E-state index in [1.54, 1.807) is 38.4 Å². The fourth-order valence-corrected chi connectivity index (χ4v) is 3.61. The van der Waals surface area contributed by atoms with Crippen molar-refractivity contribution in [2.75, 3.05) is 15.8 Å². The van der Waals surface area contributed by atoms with Gasteiger partial charge in [-0.05, 0) is 44.5 Å². The lowest BCUT2D eigenvalue weighted by Crippen LogP contribution is -2.19. The van der Waals surface area contributed by atoms with Gasteiger partial charge in [-0.15, -0.1) is 5.10 Å². The molecule has 3 rings (SSSR count). The van der Waals surface area contributed by atoms with E-state index in [-0.39, 0.29) is 22.4 Å². The molecule has 0 aromatic carbocycles. The third-order valence-corrected chi connectivity index (χ3v) is 6.05. The van der Waals surface area contributed by atoms with Crippen LogP contribution in [0.2, 0.25) is 5.15 Å². The number of halogens is 1. The summed E-state index contributed by atoms with van der Waals surface area (Å²) in [6, 6.07) is 4.90. The summed E-state index contributed by atoms with van der Waals surface area (Å²) in [5.74, 6) is 0.196. The number of nitrogens with zero attached hydrogens (tertiary/aromatic N) is 5. The molecule has 170 valence electrons. The lowest BCUT2D eigenvalue weighted by atomic mass is 10.1. The topological polar surface area (TPSA) is 141 Å². The summed E-state index contributed by atoms with van der Waals surface area (Å²) < 4.78 is 32.6. The van der Waals surface area contributed by atoms with Gasteiger partial charge in [0.1, 0.15) is 11.3 Å². The number of hydrogen-bond acceptors (Lipinski definition) is 8. The number of amides is 1. The van der Waals surface area contributed by atoms with Crippen LogP contribution in [0.5, 0.6) is 0 Å². The average Bonchev–Trinajstić information content (AvgIpc) is 3.10. The molecule has 0 unspecified atom stereocenters. The molecule has 11 nitrogen and oxygen atoms in total. The molecule has 0 aliphatic rings. The van der Waals surface area contributed by atoms with E-state index in [4.69, 9.17) is 16.3 Å². The van der Waals surface area contributed by atoms with Gasteiger partial charge in [0, 0.05) is 18.8 Å². The Hall–Kier alpha value is -3.25. The number of ether oxygens (including phenoxy) is 1. The number of carbonyl (C=O) groups excluding carboxylic acids is 1. The summed E-state index contributed by atoms with van der Waals surface area (Å²) in [5.41, 5.74) is 2.45. The molecule has 2 N–H and O–H groups in total. The zero-order valence-corrected chi connectivity index (χ0v) is 19.4. The van der Waals surface area contributed by atoms with E-state index >= 15 is 0 Å². The third kappa shape index (κ3) is 5.51. The third-order valence-electron chi connectivity index (χ3n) is 4.43. The number of hydrogen-bond donors (Lipinski definition) is 2. The molecule has 0 aliphatic carbocycles. The highest BCUT2D eigenvalue weighted by Gasteiger charge is 2.21. The number of aromatic nitrogens is 5. The lowest BCUT2D eigenvalue weighted by Gasteiger charge is -2.16. The van der Waals surface area contributed by atoms with Crippen LogP contribution in [0.4, 0.5) is 16.3 Å². The predicted molar refractivity (Wildman–Crippen MR) is 120 cm³/mol. The smallest absolute Gasteiger partial charge is 0.413 e. The SMILES string of the molecule is CCS(=O)(=O)Nc1ccc(-c2nnn(C)c2NC(=O)O[C@H](C)c2cc(C)cnc2Cl)nc1. The van der Waals surface area contributed by atoms with Crippen molar-refractivity contribution >= 4 is 39.2 Å². The van der Waals surface area contributed by atoms with E-state index in [9.17, 15) is 13.2 Å². The standard InChI is InChI=1S/C19H22ClN7O4S/c1-5-32(29,30)25-13-6-7-15(21-10-13)16-18(27(4)26-24-16)23-19(28)31-12(3)14-8-11(2)9-22-17(14)20/h6-10,12,25H,5H2,1-4H3,(H,23,28)/t12-/m1/s1. The van der Waals surface area contributed by atoms with Crippen molar-refractivity contribution in [2.24, 2.45) is 7.05 Å². The molecule has 3 heterocycles. The number of rotatable bonds is 7. The van der Waals surface area contributed by atoms with Gasteiger partial charge in [0.05, 0.1) is 23.3 Å². The Bertz CT molecular complexity index is 1230.